The van der Waals surface area contributed by atoms with E-state index in [1.165, 1.54) is 13.2 Å². The van der Waals surface area contributed by atoms with Gasteiger partial charge >= 0.3 is 12.0 Å². The van der Waals surface area contributed by atoms with Crippen LogP contribution in [-0.2, 0) is 33.9 Å². The fraction of sp³-hybridized carbons (Fsp3) is 0.217. The second-order valence-corrected chi connectivity index (χ2v) is 7.40. The van der Waals surface area contributed by atoms with Crippen LogP contribution in [0.4, 0.5) is 10.5 Å². The SMILES string of the molecule is COc1ccccc1NC(=O)Cc1noc(COC(=O)c2ccccc2CN2C(=O)CNC2=O)n1. The van der Waals surface area contributed by atoms with E-state index in [0.29, 0.717) is 17.0 Å². The lowest BCUT2D eigenvalue weighted by molar-refractivity contribution is -0.125. The first kappa shape index (κ1) is 23.4. The van der Waals surface area contributed by atoms with Gasteiger partial charge in [-0.3, -0.25) is 14.5 Å². The minimum Gasteiger partial charge on any atom is -0.495 e. The molecule has 1 aliphatic rings. The van der Waals surface area contributed by atoms with E-state index in [1.54, 1.807) is 42.5 Å². The summed E-state index contributed by atoms with van der Waals surface area (Å²) >= 11 is 0. The number of anilines is 1. The highest BCUT2D eigenvalue weighted by Gasteiger charge is 2.29. The fourth-order valence-corrected chi connectivity index (χ4v) is 3.35. The molecule has 4 amide bonds. The van der Waals surface area contributed by atoms with Gasteiger partial charge in [0.15, 0.2) is 12.4 Å². The van der Waals surface area contributed by atoms with Gasteiger partial charge in [-0.1, -0.05) is 35.5 Å². The number of hydrogen-bond donors (Lipinski definition) is 2. The second-order valence-electron chi connectivity index (χ2n) is 7.40. The Kier molecular flexibility index (Phi) is 7.00. The molecule has 1 fully saturated rings. The van der Waals surface area contributed by atoms with Crippen molar-refractivity contribution in [1.29, 1.82) is 0 Å². The number of para-hydroxylation sites is 2. The number of amides is 4. The third kappa shape index (κ3) is 5.61. The van der Waals surface area contributed by atoms with Crippen LogP contribution in [0.15, 0.2) is 53.1 Å². The molecule has 0 aliphatic carbocycles. The number of esters is 1. The van der Waals surface area contributed by atoms with E-state index in [1.807, 2.05) is 0 Å². The molecule has 2 heterocycles. The number of carbonyl (C=O) groups excluding carboxylic acids is 4. The summed E-state index contributed by atoms with van der Waals surface area (Å²) in [5.74, 6) is -0.829. The summed E-state index contributed by atoms with van der Waals surface area (Å²) in [6, 6.07) is 12.9. The smallest absolute Gasteiger partial charge is 0.338 e. The standard InChI is InChI=1S/C23H21N5O7/c1-33-17-9-5-4-8-16(17)25-19(29)10-18-26-20(35-27-18)13-34-22(31)15-7-3-2-6-14(15)12-28-21(30)11-24-23(28)32/h2-9H,10-13H2,1H3,(H,24,32)(H,25,29). The van der Waals surface area contributed by atoms with E-state index in [4.69, 9.17) is 14.0 Å². The van der Waals surface area contributed by atoms with Gasteiger partial charge in [0, 0.05) is 0 Å². The zero-order valence-corrected chi connectivity index (χ0v) is 18.6. The van der Waals surface area contributed by atoms with Crippen molar-refractivity contribution in [3.05, 3.63) is 71.4 Å². The van der Waals surface area contributed by atoms with Crippen LogP contribution >= 0.6 is 0 Å². The minimum atomic E-state index is -0.693. The third-order valence-electron chi connectivity index (χ3n) is 5.04. The molecular weight excluding hydrogens is 458 g/mol. The maximum Gasteiger partial charge on any atom is 0.338 e. The average molecular weight is 479 g/mol. The van der Waals surface area contributed by atoms with E-state index < -0.39 is 12.0 Å². The number of imide groups is 1. The average Bonchev–Trinajstić information content (AvgIpc) is 3.44. The van der Waals surface area contributed by atoms with Crippen LogP contribution in [-0.4, -0.2) is 52.5 Å². The van der Waals surface area contributed by atoms with Gasteiger partial charge in [0.1, 0.15) is 5.75 Å². The molecule has 12 nitrogen and oxygen atoms in total. The molecule has 12 heteroatoms. The van der Waals surface area contributed by atoms with Crippen LogP contribution in [0.5, 0.6) is 5.75 Å². The first-order valence-corrected chi connectivity index (χ1v) is 10.5. The summed E-state index contributed by atoms with van der Waals surface area (Å²) in [7, 11) is 1.50. The molecule has 0 atom stereocenters. The van der Waals surface area contributed by atoms with Crippen molar-refractivity contribution in [2.45, 2.75) is 19.6 Å². The Hall–Kier alpha value is -4.74. The van der Waals surface area contributed by atoms with Crippen LogP contribution in [0, 0.1) is 0 Å². The molecule has 1 aromatic heterocycles. The van der Waals surface area contributed by atoms with E-state index >= 15 is 0 Å². The van der Waals surface area contributed by atoms with Crippen LogP contribution in [0.25, 0.3) is 0 Å². The Labute approximate surface area is 199 Å². The normalized spacial score (nSPS) is 12.9. The molecule has 0 saturated carbocycles. The van der Waals surface area contributed by atoms with Crippen molar-refractivity contribution in [3.8, 4) is 5.75 Å². The molecule has 0 unspecified atom stereocenters. The highest BCUT2D eigenvalue weighted by molar-refractivity contribution is 6.02. The zero-order chi connectivity index (χ0) is 24.8. The monoisotopic (exact) mass is 479 g/mol. The Balaban J connectivity index is 1.33. The van der Waals surface area contributed by atoms with Gasteiger partial charge in [0.2, 0.25) is 11.8 Å². The van der Waals surface area contributed by atoms with Gasteiger partial charge in [-0.05, 0) is 23.8 Å². The highest BCUT2D eigenvalue weighted by atomic mass is 16.6. The van der Waals surface area contributed by atoms with Crippen LogP contribution < -0.4 is 15.4 Å². The Bertz CT molecular complexity index is 1260. The molecule has 4 rings (SSSR count). The molecule has 2 N–H and O–H groups in total. The number of urea groups is 1. The number of nitrogens with zero attached hydrogens (tertiary/aromatic N) is 3. The largest absolute Gasteiger partial charge is 0.495 e. The first-order chi connectivity index (χ1) is 16.9. The van der Waals surface area contributed by atoms with Gasteiger partial charge in [-0.2, -0.15) is 4.98 Å². The van der Waals surface area contributed by atoms with Gasteiger partial charge in [0.25, 0.3) is 5.89 Å². The summed E-state index contributed by atoms with van der Waals surface area (Å²) in [5, 5.41) is 8.87. The van der Waals surface area contributed by atoms with Crippen LogP contribution in [0.3, 0.4) is 0 Å². The molecule has 35 heavy (non-hydrogen) atoms. The number of ether oxygens (including phenoxy) is 2. The number of benzene rings is 2. The van der Waals surface area contributed by atoms with Crippen LogP contribution in [0.1, 0.15) is 27.6 Å². The molecule has 3 aromatic rings. The highest BCUT2D eigenvalue weighted by Crippen LogP contribution is 2.23. The lowest BCUT2D eigenvalue weighted by Crippen LogP contribution is -2.31. The molecule has 0 spiro atoms. The number of hydrogen-bond acceptors (Lipinski definition) is 9. The summed E-state index contributed by atoms with van der Waals surface area (Å²) in [6.07, 6.45) is -0.162. The number of rotatable bonds is 9. The summed E-state index contributed by atoms with van der Waals surface area (Å²) in [4.78, 5) is 53.7. The molecule has 0 radical (unpaired) electrons. The zero-order valence-electron chi connectivity index (χ0n) is 18.6. The van der Waals surface area contributed by atoms with Crippen molar-refractivity contribution in [2.75, 3.05) is 19.0 Å². The number of methoxy groups -OCH3 is 1. The van der Waals surface area contributed by atoms with Crippen molar-refractivity contribution >= 4 is 29.5 Å². The Morgan fingerprint density at radius 3 is 2.69 bits per heavy atom. The molecule has 1 saturated heterocycles. The van der Waals surface area contributed by atoms with Crippen molar-refractivity contribution in [2.24, 2.45) is 0 Å². The van der Waals surface area contributed by atoms with Gasteiger partial charge in [-0.25, -0.2) is 9.59 Å². The summed E-state index contributed by atoms with van der Waals surface area (Å²) in [6.45, 7) is -0.471. The Morgan fingerprint density at radius 1 is 1.14 bits per heavy atom. The summed E-state index contributed by atoms with van der Waals surface area (Å²) in [5.41, 5.74) is 1.14. The number of nitrogens with one attached hydrogen (secondary N) is 2. The van der Waals surface area contributed by atoms with Crippen molar-refractivity contribution in [3.63, 3.8) is 0 Å². The maximum atomic E-state index is 12.6. The van der Waals surface area contributed by atoms with Gasteiger partial charge in [-0.15, -0.1) is 0 Å². The number of aromatic nitrogens is 2. The van der Waals surface area contributed by atoms with Crippen molar-refractivity contribution < 1.29 is 33.2 Å². The third-order valence-corrected chi connectivity index (χ3v) is 5.04. The molecule has 2 aromatic carbocycles. The van der Waals surface area contributed by atoms with Crippen molar-refractivity contribution in [1.82, 2.24) is 20.4 Å². The quantitative estimate of drug-likeness (QED) is 0.345. The summed E-state index contributed by atoms with van der Waals surface area (Å²) < 4.78 is 15.5. The van der Waals surface area contributed by atoms with E-state index in [2.05, 4.69) is 20.8 Å². The van der Waals surface area contributed by atoms with Gasteiger partial charge in [0.05, 0.1) is 37.9 Å². The number of carbonyl (C=O) groups is 4. The maximum absolute atomic E-state index is 12.6. The molecular formula is C23H21N5O7. The molecule has 0 bridgehead atoms. The van der Waals surface area contributed by atoms with Gasteiger partial charge < -0.3 is 24.6 Å². The van der Waals surface area contributed by atoms with Crippen LogP contribution in [0.2, 0.25) is 0 Å². The lowest BCUT2D eigenvalue weighted by atomic mass is 10.1. The topological polar surface area (TPSA) is 153 Å². The molecule has 1 aliphatic heterocycles. The second kappa shape index (κ2) is 10.5. The lowest BCUT2D eigenvalue weighted by Gasteiger charge is -2.14. The predicted octanol–water partition coefficient (Wildman–Crippen LogP) is 1.67. The molecule has 180 valence electrons. The minimum absolute atomic E-state index is 0.00465. The Morgan fingerprint density at radius 2 is 1.91 bits per heavy atom. The van der Waals surface area contributed by atoms with E-state index in [-0.39, 0.29) is 55.2 Å². The van der Waals surface area contributed by atoms with E-state index in [0.717, 1.165) is 4.90 Å². The van der Waals surface area contributed by atoms with E-state index in [9.17, 15) is 19.2 Å². The predicted molar refractivity (Wildman–Crippen MR) is 119 cm³/mol. The fourth-order valence-electron chi connectivity index (χ4n) is 3.35. The first-order valence-electron chi connectivity index (χ1n) is 10.5.